The van der Waals surface area contributed by atoms with Crippen LogP contribution < -0.4 is 5.84 Å². The molecule has 0 radical (unpaired) electrons. The van der Waals surface area contributed by atoms with Gasteiger partial charge >= 0.3 is 0 Å². The molecule has 3 heteroatoms. The summed E-state index contributed by atoms with van der Waals surface area (Å²) in [5, 5.41) is 3.50. The van der Waals surface area contributed by atoms with Crippen LogP contribution in [0.1, 0.15) is 16.7 Å². The highest BCUT2D eigenvalue weighted by Crippen LogP contribution is 2.21. The number of benzene rings is 1. The SMILES string of the molecule is Cc1c(Br)ccc(C=NN)c1C. The van der Waals surface area contributed by atoms with Crippen molar-refractivity contribution in [1.29, 1.82) is 0 Å². The van der Waals surface area contributed by atoms with E-state index in [9.17, 15) is 0 Å². The standard InChI is InChI=1S/C9H11BrN2/c1-6-7(2)9(10)4-3-8(6)5-12-11/h3-5H,11H2,1-2H3. The Kier molecular flexibility index (Phi) is 2.87. The summed E-state index contributed by atoms with van der Waals surface area (Å²) in [6.45, 7) is 4.12. The average molecular weight is 227 g/mol. The van der Waals surface area contributed by atoms with Crippen LogP contribution in [0.4, 0.5) is 0 Å². The van der Waals surface area contributed by atoms with Crippen molar-refractivity contribution < 1.29 is 0 Å². The Morgan fingerprint density at radius 2 is 2.00 bits per heavy atom. The van der Waals surface area contributed by atoms with Crippen LogP contribution in [0.3, 0.4) is 0 Å². The molecule has 0 atom stereocenters. The van der Waals surface area contributed by atoms with Crippen molar-refractivity contribution in [1.82, 2.24) is 0 Å². The molecule has 0 bridgehead atoms. The van der Waals surface area contributed by atoms with E-state index in [1.165, 1.54) is 11.1 Å². The van der Waals surface area contributed by atoms with Gasteiger partial charge in [-0.3, -0.25) is 0 Å². The molecule has 0 aliphatic rings. The predicted molar refractivity (Wildman–Crippen MR) is 55.4 cm³/mol. The van der Waals surface area contributed by atoms with E-state index >= 15 is 0 Å². The Morgan fingerprint density at radius 3 is 2.58 bits per heavy atom. The third kappa shape index (κ3) is 1.67. The van der Waals surface area contributed by atoms with Crippen molar-refractivity contribution in [2.45, 2.75) is 13.8 Å². The fraction of sp³-hybridized carbons (Fsp3) is 0.222. The van der Waals surface area contributed by atoms with Gasteiger partial charge in [0.25, 0.3) is 0 Å². The van der Waals surface area contributed by atoms with Crippen LogP contribution in [-0.4, -0.2) is 6.21 Å². The minimum absolute atomic E-state index is 1.07. The minimum atomic E-state index is 1.07. The number of nitrogens with two attached hydrogens (primary N) is 1. The smallest absolute Gasteiger partial charge is 0.0540 e. The van der Waals surface area contributed by atoms with Crippen LogP contribution >= 0.6 is 15.9 Å². The molecular weight excluding hydrogens is 216 g/mol. The predicted octanol–water partition coefficient (Wildman–Crippen LogP) is 2.36. The molecule has 0 aliphatic carbocycles. The van der Waals surface area contributed by atoms with Crippen molar-refractivity contribution >= 4 is 22.1 Å². The van der Waals surface area contributed by atoms with E-state index in [0.29, 0.717) is 0 Å². The van der Waals surface area contributed by atoms with Gasteiger partial charge in [0, 0.05) is 4.47 Å². The van der Waals surface area contributed by atoms with Crippen molar-refractivity contribution in [3.8, 4) is 0 Å². The van der Waals surface area contributed by atoms with Crippen LogP contribution in [0.5, 0.6) is 0 Å². The second-order valence-electron chi connectivity index (χ2n) is 2.66. The number of halogens is 1. The van der Waals surface area contributed by atoms with Gasteiger partial charge < -0.3 is 5.84 Å². The van der Waals surface area contributed by atoms with Gasteiger partial charge in [-0.1, -0.05) is 22.0 Å². The summed E-state index contributed by atoms with van der Waals surface area (Å²) in [5.74, 6) is 5.08. The number of hydrogen-bond donors (Lipinski definition) is 1. The zero-order chi connectivity index (χ0) is 9.14. The number of hydrazone groups is 1. The third-order valence-corrected chi connectivity index (χ3v) is 2.84. The van der Waals surface area contributed by atoms with Gasteiger partial charge in [0.05, 0.1) is 6.21 Å². The Balaban J connectivity index is 3.26. The Hall–Kier alpha value is -0.830. The van der Waals surface area contributed by atoms with Gasteiger partial charge in [-0.15, -0.1) is 0 Å². The molecule has 0 spiro atoms. The molecule has 2 N–H and O–H groups in total. The number of rotatable bonds is 1. The Labute approximate surface area is 80.6 Å². The summed E-state index contributed by atoms with van der Waals surface area (Å²) >= 11 is 3.46. The average Bonchev–Trinajstić information content (AvgIpc) is 2.07. The van der Waals surface area contributed by atoms with Crippen molar-refractivity contribution in [3.05, 3.63) is 33.3 Å². The largest absolute Gasteiger partial charge is 0.323 e. The lowest BCUT2D eigenvalue weighted by Gasteiger charge is -2.05. The lowest BCUT2D eigenvalue weighted by molar-refractivity contribution is 1.25. The zero-order valence-corrected chi connectivity index (χ0v) is 8.72. The molecule has 0 amide bonds. The quantitative estimate of drug-likeness (QED) is 0.446. The summed E-state index contributed by atoms with van der Waals surface area (Å²) < 4.78 is 1.12. The van der Waals surface area contributed by atoms with Crippen molar-refractivity contribution in [2.75, 3.05) is 0 Å². The van der Waals surface area contributed by atoms with Gasteiger partial charge in [0.2, 0.25) is 0 Å². The van der Waals surface area contributed by atoms with Gasteiger partial charge in [-0.25, -0.2) is 0 Å². The molecule has 1 aromatic rings. The molecule has 0 saturated heterocycles. The maximum Gasteiger partial charge on any atom is 0.0540 e. The molecular formula is C9H11BrN2. The molecule has 0 aromatic heterocycles. The topological polar surface area (TPSA) is 38.4 Å². The molecule has 0 unspecified atom stereocenters. The summed E-state index contributed by atoms with van der Waals surface area (Å²) in [5.41, 5.74) is 3.50. The minimum Gasteiger partial charge on any atom is -0.323 e. The maximum atomic E-state index is 5.08. The van der Waals surface area contributed by atoms with E-state index < -0.39 is 0 Å². The first-order valence-corrected chi connectivity index (χ1v) is 4.45. The Bertz CT molecular complexity index is 319. The second-order valence-corrected chi connectivity index (χ2v) is 3.52. The van der Waals surface area contributed by atoms with Gasteiger partial charge in [0.1, 0.15) is 0 Å². The summed E-state index contributed by atoms with van der Waals surface area (Å²) in [6, 6.07) is 3.99. The monoisotopic (exact) mass is 226 g/mol. The van der Waals surface area contributed by atoms with Crippen LogP contribution in [0, 0.1) is 13.8 Å². The second kappa shape index (κ2) is 3.72. The van der Waals surface area contributed by atoms with Crippen LogP contribution in [-0.2, 0) is 0 Å². The molecule has 0 heterocycles. The lowest BCUT2D eigenvalue weighted by atomic mass is 10.0. The lowest BCUT2D eigenvalue weighted by Crippen LogP contribution is -1.93. The third-order valence-electron chi connectivity index (χ3n) is 1.98. The van der Waals surface area contributed by atoms with E-state index in [2.05, 4.69) is 34.9 Å². The van der Waals surface area contributed by atoms with Crippen molar-refractivity contribution in [3.63, 3.8) is 0 Å². The first-order valence-electron chi connectivity index (χ1n) is 3.65. The molecule has 0 saturated carbocycles. The van der Waals surface area contributed by atoms with Gasteiger partial charge in [-0.05, 0) is 36.6 Å². The van der Waals surface area contributed by atoms with E-state index in [1.54, 1.807) is 6.21 Å². The fourth-order valence-corrected chi connectivity index (χ4v) is 1.46. The van der Waals surface area contributed by atoms with E-state index in [1.807, 2.05) is 12.1 Å². The fourth-order valence-electron chi connectivity index (χ4n) is 1.03. The molecule has 0 fully saturated rings. The number of hydrogen-bond acceptors (Lipinski definition) is 2. The van der Waals surface area contributed by atoms with E-state index in [4.69, 9.17) is 5.84 Å². The maximum absolute atomic E-state index is 5.08. The molecule has 64 valence electrons. The van der Waals surface area contributed by atoms with Crippen molar-refractivity contribution in [2.24, 2.45) is 10.9 Å². The number of nitrogens with zero attached hydrogens (tertiary/aromatic N) is 1. The van der Waals surface area contributed by atoms with E-state index in [-0.39, 0.29) is 0 Å². The highest BCUT2D eigenvalue weighted by atomic mass is 79.9. The molecule has 2 nitrogen and oxygen atoms in total. The Morgan fingerprint density at radius 1 is 1.33 bits per heavy atom. The first kappa shape index (κ1) is 9.26. The summed E-state index contributed by atoms with van der Waals surface area (Å²) in [6.07, 6.45) is 1.66. The van der Waals surface area contributed by atoms with Gasteiger partial charge in [-0.2, -0.15) is 5.10 Å². The highest BCUT2D eigenvalue weighted by Gasteiger charge is 2.01. The van der Waals surface area contributed by atoms with Crippen LogP contribution in [0.15, 0.2) is 21.7 Å². The normalized spacial score (nSPS) is 10.9. The van der Waals surface area contributed by atoms with E-state index in [0.717, 1.165) is 10.0 Å². The van der Waals surface area contributed by atoms with Gasteiger partial charge in [0.15, 0.2) is 0 Å². The zero-order valence-electron chi connectivity index (χ0n) is 7.13. The molecule has 1 rings (SSSR count). The molecule has 1 aromatic carbocycles. The molecule has 0 aliphatic heterocycles. The first-order chi connectivity index (χ1) is 5.66. The van der Waals surface area contributed by atoms with Crippen LogP contribution in [0.2, 0.25) is 0 Å². The van der Waals surface area contributed by atoms with Crippen LogP contribution in [0.25, 0.3) is 0 Å². The summed E-state index contributed by atoms with van der Waals surface area (Å²) in [7, 11) is 0. The molecule has 12 heavy (non-hydrogen) atoms. The highest BCUT2D eigenvalue weighted by molar-refractivity contribution is 9.10. The summed E-state index contributed by atoms with van der Waals surface area (Å²) in [4.78, 5) is 0.